The minimum atomic E-state index is -4.20. The molecule has 1 heterocycles. The second-order valence-corrected chi connectivity index (χ2v) is 5.05. The van der Waals surface area contributed by atoms with E-state index in [0.29, 0.717) is 36.8 Å². The summed E-state index contributed by atoms with van der Waals surface area (Å²) < 4.78 is 38.4. The van der Waals surface area contributed by atoms with Crippen LogP contribution >= 0.6 is 24.0 Å². The van der Waals surface area contributed by atoms with Gasteiger partial charge in [-0.05, 0) is 11.6 Å². The zero-order valence-corrected chi connectivity index (χ0v) is 12.4. The summed E-state index contributed by atoms with van der Waals surface area (Å²) in [6.45, 7) is 2.62. The van der Waals surface area contributed by atoms with Crippen molar-refractivity contribution in [3.8, 4) is 0 Å². The number of nitrogens with zero attached hydrogens (tertiary/aromatic N) is 1. The Bertz CT molecular complexity index is 420. The molecule has 2 rings (SSSR count). The van der Waals surface area contributed by atoms with Gasteiger partial charge in [-0.2, -0.15) is 13.2 Å². The minimum absolute atomic E-state index is 0. The molecule has 1 fully saturated rings. The summed E-state index contributed by atoms with van der Waals surface area (Å²) in [5.41, 5.74) is 0.559. The zero-order chi connectivity index (χ0) is 13.9. The van der Waals surface area contributed by atoms with E-state index < -0.39 is 18.6 Å². The van der Waals surface area contributed by atoms with Crippen molar-refractivity contribution in [3.63, 3.8) is 0 Å². The lowest BCUT2D eigenvalue weighted by molar-refractivity contribution is -0.148. The van der Waals surface area contributed by atoms with Crippen molar-refractivity contribution < 1.29 is 13.2 Å². The third-order valence-electron chi connectivity index (χ3n) is 3.28. The van der Waals surface area contributed by atoms with Gasteiger partial charge in [0.15, 0.2) is 0 Å². The number of alkyl halides is 3. The summed E-state index contributed by atoms with van der Waals surface area (Å²) in [4.78, 5) is 1.85. The van der Waals surface area contributed by atoms with Gasteiger partial charge in [-0.15, -0.1) is 12.4 Å². The van der Waals surface area contributed by atoms with Crippen molar-refractivity contribution in [2.75, 3.05) is 26.2 Å². The Labute approximate surface area is 127 Å². The molecule has 1 N–H and O–H groups in total. The van der Waals surface area contributed by atoms with Crippen LogP contribution in [0.4, 0.5) is 13.2 Å². The van der Waals surface area contributed by atoms with Crippen molar-refractivity contribution in [2.45, 2.75) is 18.6 Å². The summed E-state index contributed by atoms with van der Waals surface area (Å²) in [6, 6.07) is 6.08. The van der Waals surface area contributed by atoms with Gasteiger partial charge in [-0.25, -0.2) is 0 Å². The molecule has 1 aliphatic rings. The number of hydrogen-bond acceptors (Lipinski definition) is 2. The van der Waals surface area contributed by atoms with E-state index >= 15 is 0 Å². The molecule has 0 radical (unpaired) electrons. The maximum Gasteiger partial charge on any atom is 0.390 e. The predicted molar refractivity (Wildman–Crippen MR) is 76.6 cm³/mol. The minimum Gasteiger partial charge on any atom is -0.314 e. The Morgan fingerprint density at radius 2 is 1.80 bits per heavy atom. The molecule has 114 valence electrons. The standard InChI is InChI=1S/C13H16ClF3N2.ClH/c14-11-4-2-1-3-10(11)12(9-13(15,16)17)19-7-5-18-6-8-19;/h1-4,12,18H,5-9H2;1H/t12-;/m0./s1. The zero-order valence-electron chi connectivity index (χ0n) is 10.8. The molecular formula is C13H17Cl2F3N2. The largest absolute Gasteiger partial charge is 0.390 e. The Hall–Kier alpha value is -0.490. The van der Waals surface area contributed by atoms with Crippen LogP contribution in [-0.4, -0.2) is 37.3 Å². The van der Waals surface area contributed by atoms with E-state index in [1.165, 1.54) is 0 Å². The highest BCUT2D eigenvalue weighted by atomic mass is 35.5. The van der Waals surface area contributed by atoms with E-state index in [9.17, 15) is 13.2 Å². The molecule has 1 atom stereocenters. The summed E-state index contributed by atoms with van der Waals surface area (Å²) in [5.74, 6) is 0. The summed E-state index contributed by atoms with van der Waals surface area (Å²) in [5, 5.41) is 3.54. The lowest BCUT2D eigenvalue weighted by atomic mass is 10.0. The fraction of sp³-hybridized carbons (Fsp3) is 0.538. The van der Waals surface area contributed by atoms with E-state index in [-0.39, 0.29) is 12.4 Å². The Morgan fingerprint density at radius 3 is 2.35 bits per heavy atom. The van der Waals surface area contributed by atoms with Gasteiger partial charge >= 0.3 is 6.18 Å². The van der Waals surface area contributed by atoms with Crippen LogP contribution < -0.4 is 5.32 Å². The first kappa shape index (κ1) is 17.6. The highest BCUT2D eigenvalue weighted by molar-refractivity contribution is 6.31. The molecule has 0 bridgehead atoms. The van der Waals surface area contributed by atoms with E-state index in [0.717, 1.165) is 0 Å². The van der Waals surface area contributed by atoms with Crippen molar-refractivity contribution in [1.82, 2.24) is 10.2 Å². The first-order chi connectivity index (χ1) is 8.97. The van der Waals surface area contributed by atoms with E-state index in [2.05, 4.69) is 5.32 Å². The van der Waals surface area contributed by atoms with Crippen LogP contribution in [0.5, 0.6) is 0 Å². The van der Waals surface area contributed by atoms with Gasteiger partial charge in [0.1, 0.15) is 0 Å². The molecule has 0 saturated carbocycles. The number of hydrogen-bond donors (Lipinski definition) is 1. The maximum absolute atomic E-state index is 12.8. The van der Waals surface area contributed by atoms with Crippen LogP contribution in [-0.2, 0) is 0 Å². The van der Waals surface area contributed by atoms with Crippen LogP contribution in [0.1, 0.15) is 18.0 Å². The van der Waals surface area contributed by atoms with Crippen LogP contribution in [0.2, 0.25) is 5.02 Å². The molecule has 0 aromatic heterocycles. The molecule has 1 saturated heterocycles. The normalized spacial score (nSPS) is 18.4. The maximum atomic E-state index is 12.8. The van der Waals surface area contributed by atoms with E-state index in [1.807, 2.05) is 4.90 Å². The first-order valence-electron chi connectivity index (χ1n) is 6.23. The van der Waals surface area contributed by atoms with E-state index in [1.54, 1.807) is 24.3 Å². The summed E-state index contributed by atoms with van der Waals surface area (Å²) in [6.07, 6.45) is -5.06. The Balaban J connectivity index is 0.00000200. The fourth-order valence-electron chi connectivity index (χ4n) is 2.39. The van der Waals surface area contributed by atoms with Crippen molar-refractivity contribution in [2.24, 2.45) is 0 Å². The molecule has 0 unspecified atom stereocenters. The molecule has 2 nitrogen and oxygen atoms in total. The lowest BCUT2D eigenvalue weighted by Crippen LogP contribution is -2.46. The molecule has 0 amide bonds. The highest BCUT2D eigenvalue weighted by Gasteiger charge is 2.36. The molecule has 1 aromatic rings. The van der Waals surface area contributed by atoms with Gasteiger partial charge in [0.05, 0.1) is 6.42 Å². The molecule has 0 spiro atoms. The second kappa shape index (κ2) is 7.50. The van der Waals surface area contributed by atoms with Gasteiger partial charge in [-0.3, -0.25) is 4.90 Å². The van der Waals surface area contributed by atoms with Gasteiger partial charge in [0.2, 0.25) is 0 Å². The summed E-state index contributed by atoms with van der Waals surface area (Å²) >= 11 is 6.06. The number of piperazine rings is 1. The topological polar surface area (TPSA) is 15.3 Å². The molecule has 7 heteroatoms. The van der Waals surface area contributed by atoms with Crippen LogP contribution in [0.15, 0.2) is 24.3 Å². The number of rotatable bonds is 3. The van der Waals surface area contributed by atoms with Crippen LogP contribution in [0.3, 0.4) is 0 Å². The van der Waals surface area contributed by atoms with Crippen molar-refractivity contribution in [1.29, 1.82) is 0 Å². The van der Waals surface area contributed by atoms with Gasteiger partial charge < -0.3 is 5.32 Å². The van der Waals surface area contributed by atoms with Crippen LogP contribution in [0.25, 0.3) is 0 Å². The molecule has 20 heavy (non-hydrogen) atoms. The lowest BCUT2D eigenvalue weighted by Gasteiger charge is -2.36. The first-order valence-corrected chi connectivity index (χ1v) is 6.61. The third-order valence-corrected chi connectivity index (χ3v) is 3.63. The Kier molecular flexibility index (Phi) is 6.58. The average Bonchev–Trinajstić information content (AvgIpc) is 2.37. The van der Waals surface area contributed by atoms with Gasteiger partial charge in [0.25, 0.3) is 0 Å². The molecule has 1 aromatic carbocycles. The third kappa shape index (κ3) is 4.81. The smallest absolute Gasteiger partial charge is 0.314 e. The van der Waals surface area contributed by atoms with Crippen molar-refractivity contribution >= 4 is 24.0 Å². The number of benzene rings is 1. The molecular weight excluding hydrogens is 312 g/mol. The van der Waals surface area contributed by atoms with Gasteiger partial charge in [-0.1, -0.05) is 29.8 Å². The predicted octanol–water partition coefficient (Wildman–Crippen LogP) is 3.66. The highest BCUT2D eigenvalue weighted by Crippen LogP contribution is 2.36. The number of nitrogens with one attached hydrogen (secondary N) is 1. The second-order valence-electron chi connectivity index (χ2n) is 4.64. The Morgan fingerprint density at radius 1 is 1.20 bits per heavy atom. The summed E-state index contributed by atoms with van der Waals surface area (Å²) in [7, 11) is 0. The molecule has 1 aliphatic heterocycles. The quantitative estimate of drug-likeness (QED) is 0.910. The SMILES string of the molecule is Cl.FC(F)(F)C[C@@H](c1ccccc1Cl)N1CCNCC1. The average molecular weight is 329 g/mol. The monoisotopic (exact) mass is 328 g/mol. The van der Waals surface area contributed by atoms with Gasteiger partial charge in [0, 0.05) is 37.2 Å². The van der Waals surface area contributed by atoms with E-state index in [4.69, 9.17) is 11.6 Å². The number of halogens is 5. The molecule has 0 aliphatic carbocycles. The van der Waals surface area contributed by atoms with Crippen molar-refractivity contribution in [3.05, 3.63) is 34.9 Å². The fourth-order valence-corrected chi connectivity index (χ4v) is 2.66. The van der Waals surface area contributed by atoms with Crippen LogP contribution in [0, 0.1) is 0 Å².